The van der Waals surface area contributed by atoms with Gasteiger partial charge in [-0.15, -0.1) is 0 Å². The van der Waals surface area contributed by atoms with Crippen LogP contribution in [0.1, 0.15) is 42.9 Å². The van der Waals surface area contributed by atoms with Crippen molar-refractivity contribution in [2.45, 2.75) is 39.7 Å². The largest absolute Gasteiger partial charge is 0.495 e. The number of hydrogen-bond acceptors (Lipinski definition) is 5. The molecular formula is C20H22ClN3O3. The maximum atomic E-state index is 12.5. The van der Waals surface area contributed by atoms with Crippen molar-refractivity contribution >= 4 is 23.5 Å². The van der Waals surface area contributed by atoms with Crippen molar-refractivity contribution in [2.24, 2.45) is 4.99 Å². The molecule has 0 aliphatic carbocycles. The molecule has 0 radical (unpaired) electrons. The highest BCUT2D eigenvalue weighted by Gasteiger charge is 2.17. The molecule has 0 bridgehead atoms. The van der Waals surface area contributed by atoms with Gasteiger partial charge >= 0.3 is 0 Å². The Morgan fingerprint density at radius 2 is 2.15 bits per heavy atom. The molecule has 1 N–H and O–H groups in total. The first kappa shape index (κ1) is 20.5. The summed E-state index contributed by atoms with van der Waals surface area (Å²) < 4.78 is 6.35. The summed E-state index contributed by atoms with van der Waals surface area (Å²) in [6.07, 6.45) is 4.09. The first-order valence-corrected chi connectivity index (χ1v) is 9.06. The number of aromatic nitrogens is 1. The molecule has 0 atom stereocenters. The van der Waals surface area contributed by atoms with E-state index in [1.54, 1.807) is 25.1 Å². The third-order valence-electron chi connectivity index (χ3n) is 4.31. The van der Waals surface area contributed by atoms with Crippen LogP contribution in [0.3, 0.4) is 0 Å². The van der Waals surface area contributed by atoms with Gasteiger partial charge < -0.3 is 9.84 Å². The first-order chi connectivity index (χ1) is 12.9. The standard InChI is InChI=1S/C20H22ClN3O3/c1-4-5-6-9-24-19(25)15(11-22)13(2)16(20(24)26)12-23-14-7-8-18(27-3)17(21)10-14/h7-8,10,12,26H,4-6,9H2,1-3H3. The number of nitrogens with zero attached hydrogens (tertiary/aromatic N) is 3. The van der Waals surface area contributed by atoms with Crippen LogP contribution in [0.15, 0.2) is 28.0 Å². The summed E-state index contributed by atoms with van der Waals surface area (Å²) in [4.78, 5) is 16.8. The van der Waals surface area contributed by atoms with E-state index in [4.69, 9.17) is 16.3 Å². The molecule has 2 rings (SSSR count). The van der Waals surface area contributed by atoms with Crippen LogP contribution in [-0.4, -0.2) is 23.0 Å². The second kappa shape index (κ2) is 9.24. The lowest BCUT2D eigenvalue weighted by Gasteiger charge is -2.13. The zero-order chi connectivity index (χ0) is 20.0. The van der Waals surface area contributed by atoms with Crippen molar-refractivity contribution in [3.63, 3.8) is 0 Å². The molecule has 0 amide bonds. The molecule has 0 aliphatic rings. The normalized spacial score (nSPS) is 10.9. The van der Waals surface area contributed by atoms with Crippen LogP contribution < -0.4 is 10.3 Å². The van der Waals surface area contributed by atoms with E-state index in [2.05, 4.69) is 11.9 Å². The van der Waals surface area contributed by atoms with Crippen LogP contribution in [0.2, 0.25) is 5.02 Å². The smallest absolute Gasteiger partial charge is 0.271 e. The monoisotopic (exact) mass is 387 g/mol. The zero-order valence-corrected chi connectivity index (χ0v) is 16.4. The average Bonchev–Trinajstić information content (AvgIpc) is 2.65. The Balaban J connectivity index is 2.49. The van der Waals surface area contributed by atoms with E-state index in [1.165, 1.54) is 17.9 Å². The summed E-state index contributed by atoms with van der Waals surface area (Å²) in [6, 6.07) is 6.98. The number of pyridine rings is 1. The summed E-state index contributed by atoms with van der Waals surface area (Å²) in [5, 5.41) is 20.4. The highest BCUT2D eigenvalue weighted by molar-refractivity contribution is 6.32. The zero-order valence-electron chi connectivity index (χ0n) is 15.6. The lowest BCUT2D eigenvalue weighted by Crippen LogP contribution is -2.25. The molecule has 0 aliphatic heterocycles. The number of aromatic hydroxyl groups is 1. The van der Waals surface area contributed by atoms with Crippen LogP contribution in [0.4, 0.5) is 5.69 Å². The van der Waals surface area contributed by atoms with Crippen molar-refractivity contribution in [1.82, 2.24) is 4.57 Å². The topological polar surface area (TPSA) is 87.6 Å². The van der Waals surface area contributed by atoms with Gasteiger partial charge in [0.15, 0.2) is 0 Å². The molecule has 2 aromatic rings. The van der Waals surface area contributed by atoms with E-state index in [-0.39, 0.29) is 11.4 Å². The predicted molar refractivity (Wildman–Crippen MR) is 107 cm³/mol. The van der Waals surface area contributed by atoms with Gasteiger partial charge in [-0.1, -0.05) is 31.4 Å². The molecule has 0 fully saturated rings. The fourth-order valence-corrected chi connectivity index (χ4v) is 2.98. The Hall–Kier alpha value is -2.78. The quantitative estimate of drug-likeness (QED) is 0.565. The minimum absolute atomic E-state index is 0.0125. The molecule has 1 aromatic heterocycles. The van der Waals surface area contributed by atoms with E-state index in [1.807, 2.05) is 6.07 Å². The average molecular weight is 388 g/mol. The van der Waals surface area contributed by atoms with Gasteiger partial charge in [-0.2, -0.15) is 5.26 Å². The molecule has 0 saturated carbocycles. The number of unbranched alkanes of at least 4 members (excludes halogenated alkanes) is 2. The van der Waals surface area contributed by atoms with E-state index in [0.29, 0.717) is 34.1 Å². The Morgan fingerprint density at radius 3 is 2.74 bits per heavy atom. The second-order valence-electron chi connectivity index (χ2n) is 6.09. The summed E-state index contributed by atoms with van der Waals surface area (Å²) in [7, 11) is 1.52. The molecule has 7 heteroatoms. The molecule has 27 heavy (non-hydrogen) atoms. The fourth-order valence-electron chi connectivity index (χ4n) is 2.73. The molecule has 142 valence electrons. The number of aliphatic imine (C=N–C) groups is 1. The maximum absolute atomic E-state index is 12.5. The first-order valence-electron chi connectivity index (χ1n) is 8.68. The van der Waals surface area contributed by atoms with E-state index < -0.39 is 5.56 Å². The van der Waals surface area contributed by atoms with Crippen molar-refractivity contribution < 1.29 is 9.84 Å². The van der Waals surface area contributed by atoms with Gasteiger partial charge in [0.1, 0.15) is 17.4 Å². The molecule has 1 aromatic carbocycles. The van der Waals surface area contributed by atoms with Gasteiger partial charge in [0.05, 0.1) is 23.4 Å². The van der Waals surface area contributed by atoms with Gasteiger partial charge in [0, 0.05) is 12.8 Å². The fraction of sp³-hybridized carbons (Fsp3) is 0.350. The Bertz CT molecular complexity index is 958. The Labute approximate surface area is 163 Å². The molecule has 6 nitrogen and oxygen atoms in total. The molecule has 1 heterocycles. The van der Waals surface area contributed by atoms with Crippen LogP contribution >= 0.6 is 11.6 Å². The number of methoxy groups -OCH3 is 1. The highest BCUT2D eigenvalue weighted by Crippen LogP contribution is 2.29. The lowest BCUT2D eigenvalue weighted by molar-refractivity contribution is 0.398. The SMILES string of the molecule is CCCCCn1c(O)c(C=Nc2ccc(OC)c(Cl)c2)c(C)c(C#N)c1=O. The third kappa shape index (κ3) is 4.50. The summed E-state index contributed by atoms with van der Waals surface area (Å²) in [6.45, 7) is 4.03. The van der Waals surface area contributed by atoms with Crippen molar-refractivity contribution in [3.8, 4) is 17.7 Å². The molecule has 0 spiro atoms. The highest BCUT2D eigenvalue weighted by atomic mass is 35.5. The van der Waals surface area contributed by atoms with Gasteiger partial charge in [-0.3, -0.25) is 14.4 Å². The lowest BCUT2D eigenvalue weighted by atomic mass is 10.1. The van der Waals surface area contributed by atoms with E-state index in [0.717, 1.165) is 19.3 Å². The summed E-state index contributed by atoms with van der Waals surface area (Å²) in [5.41, 5.74) is 0.832. The van der Waals surface area contributed by atoms with E-state index >= 15 is 0 Å². The number of ether oxygens (including phenoxy) is 1. The number of nitriles is 1. The summed E-state index contributed by atoms with van der Waals surface area (Å²) >= 11 is 6.10. The molecular weight excluding hydrogens is 366 g/mol. The van der Waals surface area contributed by atoms with Gasteiger partial charge in [0.25, 0.3) is 5.56 Å². The van der Waals surface area contributed by atoms with Crippen molar-refractivity contribution in [1.29, 1.82) is 5.26 Å². The van der Waals surface area contributed by atoms with Gasteiger partial charge in [-0.05, 0) is 37.1 Å². The van der Waals surface area contributed by atoms with Gasteiger partial charge in [0.2, 0.25) is 5.88 Å². The summed E-state index contributed by atoms with van der Waals surface area (Å²) in [5.74, 6) is 0.349. The van der Waals surface area contributed by atoms with Crippen LogP contribution in [-0.2, 0) is 6.54 Å². The second-order valence-corrected chi connectivity index (χ2v) is 6.50. The Morgan fingerprint density at radius 1 is 1.41 bits per heavy atom. The molecule has 0 saturated heterocycles. The number of rotatable bonds is 7. The van der Waals surface area contributed by atoms with Crippen molar-refractivity contribution in [2.75, 3.05) is 7.11 Å². The predicted octanol–water partition coefficient (Wildman–Crippen LogP) is 4.34. The van der Waals surface area contributed by atoms with Crippen molar-refractivity contribution in [3.05, 3.63) is 50.3 Å². The van der Waals surface area contributed by atoms with Crippen LogP contribution in [0.25, 0.3) is 0 Å². The molecule has 0 unspecified atom stereocenters. The van der Waals surface area contributed by atoms with Crippen LogP contribution in [0.5, 0.6) is 11.6 Å². The Kier molecular flexibility index (Phi) is 7.03. The van der Waals surface area contributed by atoms with E-state index in [9.17, 15) is 15.2 Å². The number of benzene rings is 1. The van der Waals surface area contributed by atoms with Crippen LogP contribution in [0, 0.1) is 18.3 Å². The third-order valence-corrected chi connectivity index (χ3v) is 4.61. The number of hydrogen-bond donors (Lipinski definition) is 1. The minimum atomic E-state index is -0.478. The number of halogens is 1. The maximum Gasteiger partial charge on any atom is 0.271 e. The van der Waals surface area contributed by atoms with Gasteiger partial charge in [-0.25, -0.2) is 0 Å². The minimum Gasteiger partial charge on any atom is -0.495 e.